The molecule has 0 bridgehead atoms. The Morgan fingerprint density at radius 1 is 1.05 bits per heavy atom. The summed E-state index contributed by atoms with van der Waals surface area (Å²) in [5, 5.41) is 9.75. The van der Waals surface area contributed by atoms with Gasteiger partial charge in [0, 0.05) is 6.54 Å². The van der Waals surface area contributed by atoms with Crippen LogP contribution in [0.5, 0.6) is 0 Å². The normalized spacial score (nSPS) is 14.7. The zero-order valence-corrected chi connectivity index (χ0v) is 13.6. The molecule has 0 aliphatic heterocycles. The van der Waals surface area contributed by atoms with Crippen molar-refractivity contribution in [3.8, 4) is 0 Å². The molecule has 0 unspecified atom stereocenters. The summed E-state index contributed by atoms with van der Waals surface area (Å²) in [5.41, 5.74) is 0. The number of unbranched alkanes of at least 4 members (excludes halogenated alkanes) is 2. The van der Waals surface area contributed by atoms with E-state index in [-0.39, 0.29) is 5.91 Å². The van der Waals surface area contributed by atoms with Crippen molar-refractivity contribution in [1.29, 1.82) is 0 Å². The molecule has 21 heavy (non-hydrogen) atoms. The maximum Gasteiger partial charge on any atom is 0.243 e. The summed E-state index contributed by atoms with van der Waals surface area (Å²) in [5.74, 6) is 0.995. The number of nitrogens with one attached hydrogen (secondary N) is 3. The third-order valence-corrected chi connectivity index (χ3v) is 3.63. The van der Waals surface area contributed by atoms with Crippen LogP contribution >= 0.6 is 0 Å². The van der Waals surface area contributed by atoms with E-state index in [4.69, 9.17) is 0 Å². The van der Waals surface area contributed by atoms with Gasteiger partial charge in [-0.05, 0) is 83.1 Å². The lowest BCUT2D eigenvalue weighted by atomic mass is 10.2. The van der Waals surface area contributed by atoms with Gasteiger partial charge in [-0.2, -0.15) is 0 Å². The second-order valence-electron chi connectivity index (χ2n) is 5.94. The molecule has 0 spiro atoms. The number of amides is 1. The molecule has 3 N–H and O–H groups in total. The fourth-order valence-corrected chi connectivity index (χ4v) is 2.11. The fraction of sp³-hybridized carbons (Fsp3) is 0.824. The molecule has 1 aliphatic rings. The van der Waals surface area contributed by atoms with E-state index in [1.165, 1.54) is 25.8 Å². The lowest BCUT2D eigenvalue weighted by Crippen LogP contribution is -2.24. The molecule has 0 aromatic rings. The van der Waals surface area contributed by atoms with E-state index in [9.17, 15) is 4.79 Å². The highest BCUT2D eigenvalue weighted by molar-refractivity contribution is 5.87. The summed E-state index contributed by atoms with van der Waals surface area (Å²) in [6.45, 7) is 7.33. The van der Waals surface area contributed by atoms with E-state index < -0.39 is 0 Å². The molecule has 1 saturated carbocycles. The van der Waals surface area contributed by atoms with Gasteiger partial charge in [-0.1, -0.05) is 13.0 Å². The fourth-order valence-electron chi connectivity index (χ4n) is 2.11. The SMILES string of the molecule is CCCNCCC/C=C/C(=O)NCCCCNCC1CC1. The average Bonchev–Trinajstić information content (AvgIpc) is 3.29. The Bertz CT molecular complexity index is 288. The van der Waals surface area contributed by atoms with Crippen LogP contribution < -0.4 is 16.0 Å². The van der Waals surface area contributed by atoms with Crippen LogP contribution in [0.25, 0.3) is 0 Å². The number of hydrogen-bond donors (Lipinski definition) is 3. The summed E-state index contributed by atoms with van der Waals surface area (Å²) in [6, 6.07) is 0. The Kier molecular flexibility index (Phi) is 11.1. The first-order chi connectivity index (χ1) is 10.3. The maximum absolute atomic E-state index is 11.5. The third kappa shape index (κ3) is 12.6. The molecule has 1 amide bonds. The molecular formula is C17H33N3O. The zero-order chi connectivity index (χ0) is 15.2. The molecule has 1 rings (SSSR count). The topological polar surface area (TPSA) is 53.2 Å². The number of allylic oxidation sites excluding steroid dienone is 1. The standard InChI is InChI=1S/C17H33N3O/c1-2-11-18-12-5-3-4-8-17(21)20-14-7-6-13-19-15-16-9-10-16/h4,8,16,18-19H,2-3,5-7,9-15H2,1H3,(H,20,21)/b8-4+. The van der Waals surface area contributed by atoms with Crippen LogP contribution in [-0.2, 0) is 4.79 Å². The van der Waals surface area contributed by atoms with E-state index in [0.717, 1.165) is 57.8 Å². The summed E-state index contributed by atoms with van der Waals surface area (Å²) in [6.07, 6.45) is 11.9. The van der Waals surface area contributed by atoms with Crippen LogP contribution in [0.3, 0.4) is 0 Å². The average molecular weight is 295 g/mol. The van der Waals surface area contributed by atoms with Crippen LogP contribution in [0.2, 0.25) is 0 Å². The van der Waals surface area contributed by atoms with Crippen molar-refractivity contribution in [1.82, 2.24) is 16.0 Å². The smallest absolute Gasteiger partial charge is 0.243 e. The van der Waals surface area contributed by atoms with E-state index in [1.54, 1.807) is 6.08 Å². The lowest BCUT2D eigenvalue weighted by molar-refractivity contribution is -0.116. The Labute approximate surface area is 130 Å². The van der Waals surface area contributed by atoms with Gasteiger partial charge in [0.05, 0.1) is 0 Å². The van der Waals surface area contributed by atoms with E-state index in [1.807, 2.05) is 6.08 Å². The molecule has 0 atom stereocenters. The van der Waals surface area contributed by atoms with Crippen LogP contribution in [0, 0.1) is 5.92 Å². The van der Waals surface area contributed by atoms with Gasteiger partial charge in [0.15, 0.2) is 0 Å². The highest BCUT2D eigenvalue weighted by Crippen LogP contribution is 2.27. The van der Waals surface area contributed by atoms with Crippen molar-refractivity contribution < 1.29 is 4.79 Å². The minimum Gasteiger partial charge on any atom is -0.353 e. The first-order valence-corrected chi connectivity index (χ1v) is 8.68. The van der Waals surface area contributed by atoms with Crippen molar-refractivity contribution in [2.75, 3.05) is 32.7 Å². The predicted octanol–water partition coefficient (Wildman–Crippen LogP) is 2.22. The Morgan fingerprint density at radius 3 is 2.57 bits per heavy atom. The van der Waals surface area contributed by atoms with Crippen molar-refractivity contribution in [2.45, 2.75) is 51.9 Å². The van der Waals surface area contributed by atoms with E-state index >= 15 is 0 Å². The van der Waals surface area contributed by atoms with Gasteiger partial charge >= 0.3 is 0 Å². The Hall–Kier alpha value is -0.870. The zero-order valence-electron chi connectivity index (χ0n) is 13.6. The maximum atomic E-state index is 11.5. The molecule has 1 aliphatic carbocycles. The van der Waals surface area contributed by atoms with Crippen LogP contribution in [0.4, 0.5) is 0 Å². The molecule has 0 heterocycles. The van der Waals surface area contributed by atoms with Gasteiger partial charge in [-0.3, -0.25) is 4.79 Å². The van der Waals surface area contributed by atoms with E-state index in [0.29, 0.717) is 0 Å². The first kappa shape index (κ1) is 18.2. The summed E-state index contributed by atoms with van der Waals surface area (Å²) >= 11 is 0. The number of carbonyl (C=O) groups excluding carboxylic acids is 1. The van der Waals surface area contributed by atoms with Crippen LogP contribution in [0.1, 0.15) is 51.9 Å². The molecule has 4 heteroatoms. The predicted molar refractivity (Wildman–Crippen MR) is 89.4 cm³/mol. The number of hydrogen-bond acceptors (Lipinski definition) is 3. The molecular weight excluding hydrogens is 262 g/mol. The quantitative estimate of drug-likeness (QED) is 0.340. The van der Waals surface area contributed by atoms with Crippen molar-refractivity contribution in [2.24, 2.45) is 5.92 Å². The van der Waals surface area contributed by atoms with Gasteiger partial charge in [-0.15, -0.1) is 0 Å². The van der Waals surface area contributed by atoms with Gasteiger partial charge in [-0.25, -0.2) is 0 Å². The highest BCUT2D eigenvalue weighted by Gasteiger charge is 2.19. The van der Waals surface area contributed by atoms with Crippen molar-refractivity contribution >= 4 is 5.91 Å². The van der Waals surface area contributed by atoms with Crippen molar-refractivity contribution in [3.63, 3.8) is 0 Å². The molecule has 0 saturated heterocycles. The van der Waals surface area contributed by atoms with Crippen molar-refractivity contribution in [3.05, 3.63) is 12.2 Å². The molecule has 1 fully saturated rings. The molecule has 122 valence electrons. The van der Waals surface area contributed by atoms with Gasteiger partial charge < -0.3 is 16.0 Å². The number of carbonyl (C=O) groups is 1. The molecule has 4 nitrogen and oxygen atoms in total. The Balaban J connectivity index is 1.79. The van der Waals surface area contributed by atoms with Gasteiger partial charge in [0.25, 0.3) is 0 Å². The minimum absolute atomic E-state index is 0.0439. The monoisotopic (exact) mass is 295 g/mol. The van der Waals surface area contributed by atoms with Gasteiger partial charge in [0.2, 0.25) is 5.91 Å². The summed E-state index contributed by atoms with van der Waals surface area (Å²) < 4.78 is 0. The Morgan fingerprint density at radius 2 is 1.81 bits per heavy atom. The highest BCUT2D eigenvalue weighted by atomic mass is 16.1. The minimum atomic E-state index is 0.0439. The molecule has 0 aromatic carbocycles. The van der Waals surface area contributed by atoms with Crippen LogP contribution in [0.15, 0.2) is 12.2 Å². The molecule has 0 radical (unpaired) electrons. The largest absolute Gasteiger partial charge is 0.353 e. The first-order valence-electron chi connectivity index (χ1n) is 8.68. The van der Waals surface area contributed by atoms with E-state index in [2.05, 4.69) is 22.9 Å². The summed E-state index contributed by atoms with van der Waals surface area (Å²) in [7, 11) is 0. The third-order valence-electron chi connectivity index (χ3n) is 3.63. The second kappa shape index (κ2) is 12.8. The van der Waals surface area contributed by atoms with Gasteiger partial charge in [0.1, 0.15) is 0 Å². The summed E-state index contributed by atoms with van der Waals surface area (Å²) in [4.78, 5) is 11.5. The number of rotatable bonds is 14. The van der Waals surface area contributed by atoms with Crippen LogP contribution in [-0.4, -0.2) is 38.6 Å². The lowest BCUT2D eigenvalue weighted by Gasteiger charge is -2.04. The molecule has 0 aromatic heterocycles. The second-order valence-corrected chi connectivity index (χ2v) is 5.94.